The van der Waals surface area contributed by atoms with E-state index in [4.69, 9.17) is 25.8 Å². The molecule has 2 aliphatic rings. The van der Waals surface area contributed by atoms with Crippen molar-refractivity contribution in [1.82, 2.24) is 5.32 Å². The molecular weight excluding hydrogens is 278 g/mol. The number of benzene rings is 1. The van der Waals surface area contributed by atoms with Crippen LogP contribution in [0, 0.1) is 5.92 Å². The van der Waals surface area contributed by atoms with Crippen LogP contribution in [0.4, 0.5) is 0 Å². The third kappa shape index (κ3) is 3.37. The van der Waals surface area contributed by atoms with E-state index in [0.29, 0.717) is 29.9 Å². The van der Waals surface area contributed by atoms with Crippen LogP contribution in [-0.4, -0.2) is 33.0 Å². The van der Waals surface area contributed by atoms with Crippen molar-refractivity contribution in [1.29, 1.82) is 0 Å². The highest BCUT2D eigenvalue weighted by atomic mass is 35.5. The summed E-state index contributed by atoms with van der Waals surface area (Å²) in [6.45, 7) is 4.69. The van der Waals surface area contributed by atoms with Crippen LogP contribution in [0.15, 0.2) is 12.1 Å². The van der Waals surface area contributed by atoms with Gasteiger partial charge in [0.2, 0.25) is 0 Å². The molecule has 1 N–H and O–H groups in total. The zero-order chi connectivity index (χ0) is 13.8. The van der Waals surface area contributed by atoms with Crippen molar-refractivity contribution >= 4 is 11.6 Å². The number of fused-ring (bicyclic) bond motifs is 1. The lowest BCUT2D eigenvalue weighted by atomic mass is 10.0. The van der Waals surface area contributed by atoms with Crippen molar-refractivity contribution in [3.8, 4) is 11.5 Å². The van der Waals surface area contributed by atoms with Crippen molar-refractivity contribution in [2.45, 2.75) is 19.4 Å². The van der Waals surface area contributed by atoms with Crippen molar-refractivity contribution in [3.05, 3.63) is 22.7 Å². The normalized spacial score (nSPS) is 21.8. The van der Waals surface area contributed by atoms with E-state index in [-0.39, 0.29) is 0 Å². The van der Waals surface area contributed by atoms with Crippen molar-refractivity contribution in [2.75, 3.05) is 33.0 Å². The predicted molar refractivity (Wildman–Crippen MR) is 77.7 cm³/mol. The summed E-state index contributed by atoms with van der Waals surface area (Å²) in [5, 5.41) is 4.10. The molecule has 110 valence electrons. The molecule has 1 fully saturated rings. The first kappa shape index (κ1) is 14.0. The summed E-state index contributed by atoms with van der Waals surface area (Å²) >= 11 is 6.22. The van der Waals surface area contributed by atoms with E-state index in [0.717, 1.165) is 37.6 Å². The van der Waals surface area contributed by atoms with Gasteiger partial charge in [0.1, 0.15) is 13.2 Å². The Balaban J connectivity index is 1.56. The summed E-state index contributed by atoms with van der Waals surface area (Å²) in [5.41, 5.74) is 1.12. The van der Waals surface area contributed by atoms with E-state index in [1.807, 2.05) is 12.1 Å². The van der Waals surface area contributed by atoms with Crippen LogP contribution >= 0.6 is 11.6 Å². The fourth-order valence-electron chi connectivity index (χ4n) is 2.66. The molecule has 3 rings (SSSR count). The molecule has 1 aromatic carbocycles. The van der Waals surface area contributed by atoms with Crippen LogP contribution in [0.25, 0.3) is 0 Å². The molecule has 2 heterocycles. The van der Waals surface area contributed by atoms with Gasteiger partial charge >= 0.3 is 0 Å². The van der Waals surface area contributed by atoms with Crippen LogP contribution < -0.4 is 14.8 Å². The first-order valence-corrected chi connectivity index (χ1v) is 7.57. The van der Waals surface area contributed by atoms with Crippen LogP contribution in [0.5, 0.6) is 11.5 Å². The van der Waals surface area contributed by atoms with Gasteiger partial charge in [0.25, 0.3) is 0 Å². The smallest absolute Gasteiger partial charge is 0.179 e. The first-order valence-electron chi connectivity index (χ1n) is 7.19. The maximum atomic E-state index is 6.22. The molecule has 1 aromatic rings. The van der Waals surface area contributed by atoms with Gasteiger partial charge in [-0.3, -0.25) is 0 Å². The topological polar surface area (TPSA) is 39.7 Å². The van der Waals surface area contributed by atoms with Gasteiger partial charge < -0.3 is 19.5 Å². The lowest BCUT2D eigenvalue weighted by molar-refractivity contribution is 0.0547. The SMILES string of the molecule is Clc1cc(CNCC2CCCOC2)cc2c1OCCO2. The molecule has 0 saturated carbocycles. The Morgan fingerprint density at radius 2 is 2.10 bits per heavy atom. The van der Waals surface area contributed by atoms with Crippen molar-refractivity contribution in [3.63, 3.8) is 0 Å². The lowest BCUT2D eigenvalue weighted by Crippen LogP contribution is -2.28. The maximum Gasteiger partial charge on any atom is 0.179 e. The lowest BCUT2D eigenvalue weighted by Gasteiger charge is -2.23. The van der Waals surface area contributed by atoms with Crippen molar-refractivity contribution < 1.29 is 14.2 Å². The van der Waals surface area contributed by atoms with E-state index in [2.05, 4.69) is 5.32 Å². The highest BCUT2D eigenvalue weighted by Gasteiger charge is 2.17. The van der Waals surface area contributed by atoms with Gasteiger partial charge in [-0.2, -0.15) is 0 Å². The average molecular weight is 298 g/mol. The second kappa shape index (κ2) is 6.66. The summed E-state index contributed by atoms with van der Waals surface area (Å²) in [6.07, 6.45) is 2.41. The van der Waals surface area contributed by atoms with E-state index < -0.39 is 0 Å². The second-order valence-electron chi connectivity index (χ2n) is 5.32. The molecule has 0 amide bonds. The molecule has 0 aliphatic carbocycles. The van der Waals surface area contributed by atoms with E-state index in [1.165, 1.54) is 12.8 Å². The summed E-state index contributed by atoms with van der Waals surface area (Å²) in [7, 11) is 0. The highest BCUT2D eigenvalue weighted by molar-refractivity contribution is 6.32. The molecular formula is C15H20ClNO3. The van der Waals surface area contributed by atoms with Gasteiger partial charge in [-0.1, -0.05) is 11.6 Å². The van der Waals surface area contributed by atoms with E-state index >= 15 is 0 Å². The standard InChI is InChI=1S/C15H20ClNO3/c16-13-6-12(7-14-15(13)20-5-4-19-14)9-17-8-11-2-1-3-18-10-11/h6-7,11,17H,1-5,8-10H2. The number of halogens is 1. The minimum atomic E-state index is 0.562. The molecule has 1 atom stereocenters. The van der Waals surface area contributed by atoms with Crippen LogP contribution in [0.2, 0.25) is 5.02 Å². The Labute approximate surface area is 124 Å². The number of ether oxygens (including phenoxy) is 3. The molecule has 5 heteroatoms. The average Bonchev–Trinajstić information content (AvgIpc) is 2.48. The highest BCUT2D eigenvalue weighted by Crippen LogP contribution is 2.38. The molecule has 1 unspecified atom stereocenters. The summed E-state index contributed by atoms with van der Waals surface area (Å²) in [6, 6.07) is 3.95. The zero-order valence-corrected chi connectivity index (χ0v) is 12.2. The Hall–Kier alpha value is -0.970. The quantitative estimate of drug-likeness (QED) is 0.927. The Morgan fingerprint density at radius 3 is 2.95 bits per heavy atom. The summed E-state index contributed by atoms with van der Waals surface area (Å²) in [5.74, 6) is 2.04. The van der Waals surface area contributed by atoms with E-state index in [9.17, 15) is 0 Å². The molecule has 20 heavy (non-hydrogen) atoms. The maximum absolute atomic E-state index is 6.22. The van der Waals surface area contributed by atoms with Crippen LogP contribution in [0.3, 0.4) is 0 Å². The minimum Gasteiger partial charge on any atom is -0.486 e. The number of hydrogen-bond acceptors (Lipinski definition) is 4. The first-order chi connectivity index (χ1) is 9.83. The van der Waals surface area contributed by atoms with Crippen molar-refractivity contribution in [2.24, 2.45) is 5.92 Å². The van der Waals surface area contributed by atoms with E-state index in [1.54, 1.807) is 0 Å². The Morgan fingerprint density at radius 1 is 1.20 bits per heavy atom. The Bertz CT molecular complexity index is 461. The monoisotopic (exact) mass is 297 g/mol. The van der Waals surface area contributed by atoms with Crippen LogP contribution in [-0.2, 0) is 11.3 Å². The van der Waals surface area contributed by atoms with Crippen LogP contribution in [0.1, 0.15) is 18.4 Å². The van der Waals surface area contributed by atoms with Gasteiger partial charge in [0.15, 0.2) is 11.5 Å². The molecule has 4 nitrogen and oxygen atoms in total. The number of hydrogen-bond donors (Lipinski definition) is 1. The minimum absolute atomic E-state index is 0.562. The van der Waals surface area contributed by atoms with Gasteiger partial charge in [-0.15, -0.1) is 0 Å². The molecule has 0 spiro atoms. The third-order valence-electron chi connectivity index (χ3n) is 3.67. The fourth-order valence-corrected chi connectivity index (χ4v) is 2.94. The summed E-state index contributed by atoms with van der Waals surface area (Å²) < 4.78 is 16.6. The molecule has 0 radical (unpaired) electrons. The molecule has 1 saturated heterocycles. The number of nitrogens with one attached hydrogen (secondary N) is 1. The fraction of sp³-hybridized carbons (Fsp3) is 0.600. The molecule has 0 bridgehead atoms. The van der Waals surface area contributed by atoms with Gasteiger partial charge in [0.05, 0.1) is 11.6 Å². The Kier molecular flexibility index (Phi) is 4.65. The van der Waals surface area contributed by atoms with Gasteiger partial charge in [-0.05, 0) is 36.5 Å². The predicted octanol–water partition coefficient (Wildman–Crippen LogP) is 2.63. The largest absolute Gasteiger partial charge is 0.486 e. The zero-order valence-electron chi connectivity index (χ0n) is 11.5. The molecule has 2 aliphatic heterocycles. The summed E-state index contributed by atoms with van der Waals surface area (Å²) in [4.78, 5) is 0. The number of rotatable bonds is 4. The van der Waals surface area contributed by atoms with Gasteiger partial charge in [0, 0.05) is 19.7 Å². The molecule has 0 aromatic heterocycles. The second-order valence-corrected chi connectivity index (χ2v) is 5.72. The van der Waals surface area contributed by atoms with Gasteiger partial charge in [-0.25, -0.2) is 0 Å². The third-order valence-corrected chi connectivity index (χ3v) is 3.95.